The molecule has 9 rings (SSSR count). The lowest BCUT2D eigenvalue weighted by molar-refractivity contribution is -0.115. The van der Waals surface area contributed by atoms with Gasteiger partial charge >= 0.3 is 5.97 Å². The van der Waals surface area contributed by atoms with Crippen LogP contribution in [0.2, 0.25) is 0 Å². The van der Waals surface area contributed by atoms with E-state index in [9.17, 15) is 9.59 Å². The van der Waals surface area contributed by atoms with Crippen molar-refractivity contribution in [1.29, 1.82) is 0 Å². The molecule has 0 radical (unpaired) electrons. The smallest absolute Gasteiger partial charge is 0.338 e. The molecule has 0 heterocycles. The maximum atomic E-state index is 12.9. The Kier molecular flexibility index (Phi) is 42.6. The van der Waals surface area contributed by atoms with Crippen LogP contribution in [0.4, 0.5) is 0 Å². The summed E-state index contributed by atoms with van der Waals surface area (Å²) in [5.41, 5.74) is 10.9. The van der Waals surface area contributed by atoms with Crippen molar-refractivity contribution in [2.45, 2.75) is 350 Å². The predicted octanol–water partition coefficient (Wildman–Crippen LogP) is 28.4. The first-order valence-corrected chi connectivity index (χ1v) is 44.3. The van der Waals surface area contributed by atoms with E-state index in [4.69, 9.17) is 18.9 Å². The number of esters is 1. The van der Waals surface area contributed by atoms with Gasteiger partial charge in [-0.2, -0.15) is 0 Å². The summed E-state index contributed by atoms with van der Waals surface area (Å²) in [4.78, 5) is 26.6. The molecule has 7 heteroatoms. The monoisotopic (exact) mass is 1440 g/mol. The lowest BCUT2D eigenvalue weighted by atomic mass is 9.78. The number of carbonyl (C=O) groups is 2. The minimum absolute atomic E-state index is 0.102. The summed E-state index contributed by atoms with van der Waals surface area (Å²) in [5.74, 6) is 8.67. The fourth-order valence-electron chi connectivity index (χ4n) is 17.0. The Morgan fingerprint density at radius 3 is 1.73 bits per heavy atom. The molecule has 104 heavy (non-hydrogen) atoms. The third-order valence-electron chi connectivity index (χ3n) is 24.5. The number of unbranched alkanes of at least 4 members (excludes halogenated alkanes) is 2. The summed E-state index contributed by atoms with van der Waals surface area (Å²) in [7, 11) is 0. The summed E-state index contributed by atoms with van der Waals surface area (Å²) in [6.07, 6.45) is 65.9. The molecule has 3 aromatic carbocycles. The number of ether oxygens (including phenoxy) is 4. The molecule has 6 aliphatic carbocycles. The summed E-state index contributed by atoms with van der Waals surface area (Å²) in [5, 5.41) is 0.368. The van der Waals surface area contributed by atoms with Crippen LogP contribution < -0.4 is 4.74 Å². The predicted molar refractivity (Wildman–Crippen MR) is 446 cm³/mol. The molecule has 0 amide bonds. The lowest BCUT2D eigenvalue weighted by Crippen LogP contribution is -2.24. The Labute approximate surface area is 642 Å². The van der Waals surface area contributed by atoms with E-state index in [1.54, 1.807) is 11.1 Å². The molecule has 0 N–H and O–H groups in total. The van der Waals surface area contributed by atoms with E-state index in [1.165, 1.54) is 245 Å². The minimum atomic E-state index is -0.145. The van der Waals surface area contributed by atoms with Crippen LogP contribution in [-0.4, -0.2) is 49.7 Å². The van der Waals surface area contributed by atoms with Crippen LogP contribution in [0, 0.1) is 59.2 Å². The van der Waals surface area contributed by atoms with Crippen LogP contribution in [0.1, 0.15) is 347 Å². The summed E-state index contributed by atoms with van der Waals surface area (Å²) < 4.78 is 23.5. The van der Waals surface area contributed by atoms with E-state index in [-0.39, 0.29) is 18.0 Å². The lowest BCUT2D eigenvalue weighted by Gasteiger charge is -2.29. The van der Waals surface area contributed by atoms with Crippen molar-refractivity contribution in [3.05, 3.63) is 148 Å². The van der Waals surface area contributed by atoms with Crippen molar-refractivity contribution < 1.29 is 28.5 Å². The first-order valence-electron chi connectivity index (χ1n) is 43.5. The second-order valence-electron chi connectivity index (χ2n) is 34.1. The molecule has 3 saturated carbocycles. The molecule has 3 aromatic rings. The van der Waals surface area contributed by atoms with Crippen molar-refractivity contribution in [2.75, 3.05) is 26.4 Å². The summed E-state index contributed by atoms with van der Waals surface area (Å²) in [6, 6.07) is 25.7. The summed E-state index contributed by atoms with van der Waals surface area (Å²) >= 11 is 1.45. The van der Waals surface area contributed by atoms with Gasteiger partial charge in [-0.1, -0.05) is 220 Å². The van der Waals surface area contributed by atoms with Gasteiger partial charge in [0.1, 0.15) is 11.9 Å². The van der Waals surface area contributed by atoms with E-state index < -0.39 is 0 Å². The largest absolute Gasteiger partial charge is 0.493 e. The SMILES string of the molecule is CC(C)=CCCC1CCC(COc2ccc(CCC3CC=C(CCCC(C)C)CC3)cc2)CC1.CCCCCOC1CC=C(/C=C/c2ccc(SC(=O)C3CCC(CC(C)CCC)CC3)cc2)CC1.CCOCCCC1=CCC(CCc2ccc(C(=O)OC3CCC(CCC(C)CC)CC3)cc2)CC1. The molecular formula is C97H150O6S. The molecule has 6 aliphatic rings. The van der Waals surface area contributed by atoms with Gasteiger partial charge in [-0.15, -0.1) is 0 Å². The molecule has 0 bridgehead atoms. The van der Waals surface area contributed by atoms with Crippen molar-refractivity contribution in [3.63, 3.8) is 0 Å². The topological polar surface area (TPSA) is 71.1 Å². The molecule has 580 valence electrons. The maximum Gasteiger partial charge on any atom is 0.338 e. The standard InChI is InChI=1S/C33H52O.C32H50O3.C32H48O2S/c1-26(2)7-5-9-28-11-13-30(14-12-28)15-16-31-21-23-33(24-22-31)34-25-32-19-17-29(18-20-32)10-6-8-27(3)4;1-4-25(3)8-9-27-18-22-31(23-19-27)35-32(33)30-20-16-29(17-21-30)15-14-28-12-10-26(11-13-28)7-6-24-34-5-2;1-4-6-7-23-34-30-19-13-26(14-20-30)9-10-27-15-21-31(22-16-27)35-32(33)29-17-11-28(12-18-29)24-25(3)8-5-2/h8,11,21-24,26,29-30,32H,5-7,9-10,12-20,25H2,1-4H3;10,16-17,20-21,25,27-28,31H,4-9,11-15,18-19,22-24H2,1-3H3;9-10,13,15-16,21-22,25,28-30H,4-8,11-12,14,17-20,23-24H2,1-3H3/b;;10-9+. The highest BCUT2D eigenvalue weighted by Crippen LogP contribution is 2.39. The number of allylic oxidation sites excluding steroid dienone is 8. The Bertz CT molecular complexity index is 2940. The van der Waals surface area contributed by atoms with Gasteiger partial charge in [0.05, 0.1) is 18.3 Å². The molecule has 3 fully saturated rings. The maximum absolute atomic E-state index is 12.9. The van der Waals surface area contributed by atoms with Crippen LogP contribution in [-0.2, 0) is 31.8 Å². The minimum Gasteiger partial charge on any atom is -0.493 e. The number of benzene rings is 3. The van der Waals surface area contributed by atoms with Crippen LogP contribution in [0.15, 0.2) is 130 Å². The fraction of sp³-hybridized carbons (Fsp3) is 0.691. The molecule has 5 unspecified atom stereocenters. The Morgan fingerprint density at radius 2 is 1.14 bits per heavy atom. The molecular weight excluding hydrogens is 1290 g/mol. The van der Waals surface area contributed by atoms with E-state index in [0.717, 1.165) is 148 Å². The molecule has 0 spiro atoms. The highest BCUT2D eigenvalue weighted by Gasteiger charge is 2.29. The van der Waals surface area contributed by atoms with Crippen LogP contribution >= 0.6 is 11.8 Å². The molecule has 0 aromatic heterocycles. The zero-order valence-electron chi connectivity index (χ0n) is 68.0. The number of hydrogen-bond acceptors (Lipinski definition) is 7. The molecule has 6 nitrogen and oxygen atoms in total. The van der Waals surface area contributed by atoms with Gasteiger partial charge in [0.2, 0.25) is 0 Å². The Hall–Kier alpha value is -4.43. The van der Waals surface area contributed by atoms with Crippen molar-refractivity contribution in [1.82, 2.24) is 0 Å². The normalized spacial score (nSPS) is 23.5. The second kappa shape index (κ2) is 51.1. The van der Waals surface area contributed by atoms with Crippen molar-refractivity contribution in [2.24, 2.45) is 59.2 Å². The second-order valence-corrected chi connectivity index (χ2v) is 35.2. The van der Waals surface area contributed by atoms with Crippen molar-refractivity contribution >= 4 is 28.9 Å². The average Bonchev–Trinajstić information content (AvgIpc) is 0.856. The van der Waals surface area contributed by atoms with Gasteiger partial charge in [0.25, 0.3) is 0 Å². The fourth-order valence-corrected chi connectivity index (χ4v) is 17.9. The Morgan fingerprint density at radius 1 is 0.519 bits per heavy atom. The van der Waals surface area contributed by atoms with E-state index >= 15 is 0 Å². The zero-order valence-corrected chi connectivity index (χ0v) is 68.8. The van der Waals surface area contributed by atoms with Gasteiger partial charge in [-0.3, -0.25) is 4.79 Å². The molecule has 5 atom stereocenters. The highest BCUT2D eigenvalue weighted by molar-refractivity contribution is 8.13. The Balaban J connectivity index is 0.000000218. The van der Waals surface area contributed by atoms with Gasteiger partial charge in [0, 0.05) is 30.6 Å². The zero-order chi connectivity index (χ0) is 73.9. The quantitative estimate of drug-likeness (QED) is 0.0243. The number of hydrogen-bond donors (Lipinski definition) is 0. The molecule has 0 saturated heterocycles. The number of aryl methyl sites for hydroxylation is 2. The third kappa shape index (κ3) is 35.7. The van der Waals surface area contributed by atoms with E-state index in [0.29, 0.717) is 16.8 Å². The van der Waals surface area contributed by atoms with Gasteiger partial charge < -0.3 is 18.9 Å². The van der Waals surface area contributed by atoms with Gasteiger partial charge in [0.15, 0.2) is 5.12 Å². The van der Waals surface area contributed by atoms with Crippen LogP contribution in [0.3, 0.4) is 0 Å². The van der Waals surface area contributed by atoms with Crippen LogP contribution in [0.5, 0.6) is 5.75 Å². The first kappa shape index (κ1) is 86.8. The van der Waals surface area contributed by atoms with Gasteiger partial charge in [-0.25, -0.2) is 4.79 Å². The van der Waals surface area contributed by atoms with Gasteiger partial charge in [-0.05, 0) is 326 Å². The van der Waals surface area contributed by atoms with Crippen LogP contribution in [0.25, 0.3) is 6.08 Å². The molecule has 0 aliphatic heterocycles. The highest BCUT2D eigenvalue weighted by atomic mass is 32.2. The summed E-state index contributed by atoms with van der Waals surface area (Å²) in [6.45, 7) is 26.2. The van der Waals surface area contributed by atoms with E-state index in [1.807, 2.05) is 12.1 Å². The van der Waals surface area contributed by atoms with E-state index in [2.05, 4.69) is 166 Å². The average molecular weight is 1440 g/mol. The third-order valence-corrected chi connectivity index (χ3v) is 25.5. The van der Waals surface area contributed by atoms with Crippen molar-refractivity contribution in [3.8, 4) is 5.75 Å². The number of carbonyl (C=O) groups excluding carboxylic acids is 2. The number of thioether (sulfide) groups is 1. The number of rotatable bonds is 40. The first-order chi connectivity index (χ1) is 50.6.